The lowest BCUT2D eigenvalue weighted by Crippen LogP contribution is -2.30. The van der Waals surface area contributed by atoms with Crippen LogP contribution < -0.4 is 11.2 Å². The maximum Gasteiger partial charge on any atom is 0.349 e. The largest absolute Gasteiger partial charge is 0.392 e. The van der Waals surface area contributed by atoms with E-state index in [9.17, 15) is 9.59 Å². The SMILES string of the molecule is O=c1cnn(-c2ccccc2CO)c(=O)[nH]1. The third-order valence-electron chi connectivity index (χ3n) is 2.10. The Hall–Kier alpha value is -2.21. The highest BCUT2D eigenvalue weighted by atomic mass is 16.3. The Morgan fingerprint density at radius 1 is 1.31 bits per heavy atom. The normalized spacial score (nSPS) is 10.3. The Morgan fingerprint density at radius 3 is 2.75 bits per heavy atom. The van der Waals surface area contributed by atoms with Crippen molar-refractivity contribution in [3.63, 3.8) is 0 Å². The van der Waals surface area contributed by atoms with E-state index in [-0.39, 0.29) is 6.61 Å². The molecule has 0 bridgehead atoms. The summed E-state index contributed by atoms with van der Waals surface area (Å²) in [6.45, 7) is -0.205. The first-order chi connectivity index (χ1) is 7.72. The second-order valence-electron chi connectivity index (χ2n) is 3.14. The fourth-order valence-corrected chi connectivity index (χ4v) is 1.38. The van der Waals surface area contributed by atoms with Crippen LogP contribution in [0.2, 0.25) is 0 Å². The number of hydrogen-bond donors (Lipinski definition) is 2. The Balaban J connectivity index is 2.68. The molecule has 0 radical (unpaired) electrons. The van der Waals surface area contributed by atoms with Gasteiger partial charge in [0.1, 0.15) is 6.20 Å². The fraction of sp³-hybridized carbons (Fsp3) is 0.100. The number of para-hydroxylation sites is 1. The van der Waals surface area contributed by atoms with Gasteiger partial charge in [-0.25, -0.2) is 4.79 Å². The van der Waals surface area contributed by atoms with E-state index in [1.165, 1.54) is 0 Å². The Morgan fingerprint density at radius 2 is 2.06 bits per heavy atom. The Bertz CT molecular complexity index is 615. The van der Waals surface area contributed by atoms with E-state index >= 15 is 0 Å². The molecule has 82 valence electrons. The van der Waals surface area contributed by atoms with Gasteiger partial charge in [0.15, 0.2) is 0 Å². The van der Waals surface area contributed by atoms with E-state index in [0.29, 0.717) is 11.3 Å². The van der Waals surface area contributed by atoms with E-state index in [1.807, 2.05) is 0 Å². The summed E-state index contributed by atoms with van der Waals surface area (Å²) in [6.07, 6.45) is 1.01. The molecule has 6 nitrogen and oxygen atoms in total. The zero-order valence-electron chi connectivity index (χ0n) is 8.25. The maximum atomic E-state index is 11.5. The minimum absolute atomic E-state index is 0.205. The molecule has 0 unspecified atom stereocenters. The van der Waals surface area contributed by atoms with Crippen molar-refractivity contribution in [1.29, 1.82) is 0 Å². The zero-order valence-corrected chi connectivity index (χ0v) is 8.25. The average molecular weight is 219 g/mol. The number of H-pyrrole nitrogens is 1. The number of nitrogens with one attached hydrogen (secondary N) is 1. The summed E-state index contributed by atoms with van der Waals surface area (Å²) in [4.78, 5) is 24.4. The summed E-state index contributed by atoms with van der Waals surface area (Å²) in [7, 11) is 0. The van der Waals surface area contributed by atoms with Gasteiger partial charge >= 0.3 is 5.69 Å². The Kier molecular flexibility index (Phi) is 2.65. The molecule has 1 aromatic carbocycles. The molecule has 0 saturated carbocycles. The predicted molar refractivity (Wildman–Crippen MR) is 56.4 cm³/mol. The molecule has 0 spiro atoms. The second-order valence-corrected chi connectivity index (χ2v) is 3.14. The predicted octanol–water partition coefficient (Wildman–Crippen LogP) is -0.587. The fourth-order valence-electron chi connectivity index (χ4n) is 1.38. The van der Waals surface area contributed by atoms with Gasteiger partial charge in [-0.3, -0.25) is 9.78 Å². The van der Waals surface area contributed by atoms with Crippen LogP contribution in [0.1, 0.15) is 5.56 Å². The second kappa shape index (κ2) is 4.11. The van der Waals surface area contributed by atoms with E-state index in [2.05, 4.69) is 10.1 Å². The van der Waals surface area contributed by atoms with Crippen molar-refractivity contribution in [2.24, 2.45) is 0 Å². The first-order valence-electron chi connectivity index (χ1n) is 4.60. The first-order valence-corrected chi connectivity index (χ1v) is 4.60. The van der Waals surface area contributed by atoms with Crippen molar-refractivity contribution in [2.45, 2.75) is 6.61 Å². The molecule has 0 saturated heterocycles. The molecule has 1 heterocycles. The molecule has 0 aliphatic heterocycles. The minimum atomic E-state index is -0.631. The molecule has 0 fully saturated rings. The zero-order chi connectivity index (χ0) is 11.5. The summed E-state index contributed by atoms with van der Waals surface area (Å²) in [6, 6.07) is 6.77. The lowest BCUT2D eigenvalue weighted by atomic mass is 10.2. The molecule has 2 aromatic rings. The number of rotatable bonds is 2. The molecule has 0 aliphatic carbocycles. The molecule has 0 amide bonds. The summed E-state index contributed by atoms with van der Waals surface area (Å²) in [5.41, 5.74) is -0.175. The van der Waals surface area contributed by atoms with Crippen molar-refractivity contribution in [3.8, 4) is 5.69 Å². The molecule has 0 atom stereocenters. The lowest BCUT2D eigenvalue weighted by Gasteiger charge is -2.07. The third-order valence-corrected chi connectivity index (χ3v) is 2.10. The van der Waals surface area contributed by atoms with Gasteiger partial charge in [-0.05, 0) is 6.07 Å². The van der Waals surface area contributed by atoms with E-state index in [4.69, 9.17) is 5.11 Å². The first kappa shape index (κ1) is 10.3. The molecular weight excluding hydrogens is 210 g/mol. The lowest BCUT2D eigenvalue weighted by molar-refractivity contribution is 0.281. The molecule has 6 heteroatoms. The van der Waals surface area contributed by atoms with Crippen molar-refractivity contribution in [3.05, 3.63) is 56.9 Å². The summed E-state index contributed by atoms with van der Waals surface area (Å²) in [5.74, 6) is 0. The van der Waals surface area contributed by atoms with Gasteiger partial charge in [0.25, 0.3) is 5.56 Å². The molecule has 2 N–H and O–H groups in total. The number of aliphatic hydroxyl groups is 1. The third kappa shape index (κ3) is 1.78. The summed E-state index contributed by atoms with van der Waals surface area (Å²) >= 11 is 0. The quantitative estimate of drug-likeness (QED) is 0.706. The highest BCUT2D eigenvalue weighted by Gasteiger charge is 2.05. The smallest absolute Gasteiger partial charge is 0.349 e. The number of benzene rings is 1. The van der Waals surface area contributed by atoms with E-state index < -0.39 is 11.2 Å². The highest BCUT2D eigenvalue weighted by molar-refractivity contribution is 5.39. The van der Waals surface area contributed by atoms with Crippen LogP contribution in [0.4, 0.5) is 0 Å². The van der Waals surface area contributed by atoms with Crippen LogP contribution in [0.25, 0.3) is 5.69 Å². The average Bonchev–Trinajstić information content (AvgIpc) is 2.29. The molecule has 0 aliphatic rings. The monoisotopic (exact) mass is 219 g/mol. The standard InChI is InChI=1S/C10H9N3O3/c14-6-7-3-1-2-4-8(7)13-10(16)12-9(15)5-11-13/h1-5,14H,6H2,(H,12,15,16). The number of aromatic amines is 1. The summed E-state index contributed by atoms with van der Waals surface area (Å²) < 4.78 is 1.03. The van der Waals surface area contributed by atoms with Crippen molar-refractivity contribution < 1.29 is 5.11 Å². The number of nitrogens with zero attached hydrogens (tertiary/aromatic N) is 2. The van der Waals surface area contributed by atoms with Gasteiger partial charge in [0.05, 0.1) is 12.3 Å². The maximum absolute atomic E-state index is 11.5. The van der Waals surface area contributed by atoms with Crippen LogP contribution in [-0.2, 0) is 6.61 Å². The molecule has 1 aromatic heterocycles. The van der Waals surface area contributed by atoms with Crippen molar-refractivity contribution in [2.75, 3.05) is 0 Å². The van der Waals surface area contributed by atoms with Gasteiger partial charge in [-0.15, -0.1) is 0 Å². The topological polar surface area (TPSA) is 88.0 Å². The molecular formula is C10H9N3O3. The van der Waals surface area contributed by atoms with E-state index in [0.717, 1.165) is 10.9 Å². The van der Waals surface area contributed by atoms with Gasteiger partial charge < -0.3 is 5.11 Å². The van der Waals surface area contributed by atoms with E-state index in [1.54, 1.807) is 24.3 Å². The molecule has 16 heavy (non-hydrogen) atoms. The number of aromatic nitrogens is 3. The van der Waals surface area contributed by atoms with Gasteiger partial charge in [-0.1, -0.05) is 18.2 Å². The van der Waals surface area contributed by atoms with Gasteiger partial charge in [-0.2, -0.15) is 9.78 Å². The Labute approximate surface area is 89.8 Å². The summed E-state index contributed by atoms with van der Waals surface area (Å²) in [5, 5.41) is 12.8. The van der Waals surface area contributed by atoms with Crippen LogP contribution in [0.15, 0.2) is 40.1 Å². The van der Waals surface area contributed by atoms with Crippen LogP contribution in [0.3, 0.4) is 0 Å². The van der Waals surface area contributed by atoms with Gasteiger partial charge in [0, 0.05) is 5.56 Å². The minimum Gasteiger partial charge on any atom is -0.392 e. The van der Waals surface area contributed by atoms with Crippen LogP contribution in [0, 0.1) is 0 Å². The molecule has 2 rings (SSSR count). The van der Waals surface area contributed by atoms with Crippen molar-refractivity contribution in [1.82, 2.24) is 14.8 Å². The van der Waals surface area contributed by atoms with Crippen LogP contribution >= 0.6 is 0 Å². The van der Waals surface area contributed by atoms with Crippen LogP contribution in [-0.4, -0.2) is 19.9 Å². The van der Waals surface area contributed by atoms with Crippen molar-refractivity contribution >= 4 is 0 Å². The highest BCUT2D eigenvalue weighted by Crippen LogP contribution is 2.10. The number of aliphatic hydroxyl groups excluding tert-OH is 1. The number of hydrogen-bond acceptors (Lipinski definition) is 4. The van der Waals surface area contributed by atoms with Gasteiger partial charge in [0.2, 0.25) is 0 Å². The van der Waals surface area contributed by atoms with Crippen LogP contribution in [0.5, 0.6) is 0 Å².